The van der Waals surface area contributed by atoms with E-state index in [1.807, 2.05) is 0 Å². The van der Waals surface area contributed by atoms with Crippen LogP contribution in [0.3, 0.4) is 0 Å². The number of nitrogen functional groups attached to an aromatic ring is 1. The topological polar surface area (TPSA) is 72.2 Å². The largest absolute Gasteiger partial charge is 0.398 e. The van der Waals surface area contributed by atoms with Crippen LogP contribution in [0.2, 0.25) is 0 Å². The van der Waals surface area contributed by atoms with Gasteiger partial charge < -0.3 is 5.73 Å². The molecule has 0 saturated carbocycles. The first-order valence-corrected chi connectivity index (χ1v) is 7.60. The molecule has 0 aliphatic heterocycles. The molecule has 0 unspecified atom stereocenters. The highest BCUT2D eigenvalue weighted by atomic mass is 79.9. The molecular weight excluding hydrogens is 354 g/mol. The second kappa shape index (κ2) is 5.37. The summed E-state index contributed by atoms with van der Waals surface area (Å²) in [6.07, 6.45) is 0. The molecule has 0 aliphatic carbocycles. The van der Waals surface area contributed by atoms with Crippen LogP contribution in [-0.2, 0) is 10.0 Å². The van der Waals surface area contributed by atoms with E-state index >= 15 is 0 Å². The Morgan fingerprint density at radius 2 is 1.65 bits per heavy atom. The van der Waals surface area contributed by atoms with Gasteiger partial charge in [0.15, 0.2) is 0 Å². The van der Waals surface area contributed by atoms with Gasteiger partial charge in [0.1, 0.15) is 16.5 Å². The number of nitrogens with two attached hydrogens (primary N) is 1. The smallest absolute Gasteiger partial charge is 0.263 e. The number of halogens is 3. The molecule has 8 heteroatoms. The fourth-order valence-corrected chi connectivity index (χ4v) is 3.31. The average molecular weight is 363 g/mol. The molecule has 0 radical (unpaired) electrons. The maximum atomic E-state index is 12.9. The van der Waals surface area contributed by atoms with Crippen molar-refractivity contribution in [3.63, 3.8) is 0 Å². The molecule has 0 aliphatic rings. The van der Waals surface area contributed by atoms with Crippen molar-refractivity contribution in [2.75, 3.05) is 10.5 Å². The predicted molar refractivity (Wildman–Crippen MR) is 75.7 cm³/mol. The Labute approximate surface area is 122 Å². The SMILES string of the molecule is Nc1cc(F)ccc1S(=O)(=O)Nc1ccc(F)cc1Br. The number of hydrogen-bond donors (Lipinski definition) is 2. The number of nitrogens with one attached hydrogen (secondary N) is 1. The molecule has 0 fully saturated rings. The fraction of sp³-hybridized carbons (Fsp3) is 0. The highest BCUT2D eigenvalue weighted by Crippen LogP contribution is 2.27. The van der Waals surface area contributed by atoms with Crippen LogP contribution >= 0.6 is 15.9 Å². The lowest BCUT2D eigenvalue weighted by Crippen LogP contribution is -2.15. The molecule has 0 aromatic heterocycles. The van der Waals surface area contributed by atoms with Crippen molar-refractivity contribution in [2.24, 2.45) is 0 Å². The first-order valence-electron chi connectivity index (χ1n) is 5.32. The summed E-state index contributed by atoms with van der Waals surface area (Å²) in [6.45, 7) is 0. The van der Waals surface area contributed by atoms with Gasteiger partial charge in [0.2, 0.25) is 0 Å². The summed E-state index contributed by atoms with van der Waals surface area (Å²) in [6, 6.07) is 6.45. The second-order valence-electron chi connectivity index (χ2n) is 3.91. The molecule has 3 N–H and O–H groups in total. The summed E-state index contributed by atoms with van der Waals surface area (Å²) >= 11 is 3.04. The van der Waals surface area contributed by atoms with Crippen molar-refractivity contribution in [1.82, 2.24) is 0 Å². The van der Waals surface area contributed by atoms with Gasteiger partial charge in [-0.05, 0) is 52.3 Å². The maximum Gasteiger partial charge on any atom is 0.263 e. The lowest BCUT2D eigenvalue weighted by atomic mass is 10.3. The summed E-state index contributed by atoms with van der Waals surface area (Å²) < 4.78 is 52.6. The Kier molecular flexibility index (Phi) is 3.96. The molecule has 0 saturated heterocycles. The van der Waals surface area contributed by atoms with Gasteiger partial charge in [-0.3, -0.25) is 4.72 Å². The van der Waals surface area contributed by atoms with E-state index < -0.39 is 21.7 Å². The Hall–Kier alpha value is -1.67. The van der Waals surface area contributed by atoms with Crippen LogP contribution in [0.5, 0.6) is 0 Å². The molecular formula is C12H9BrF2N2O2S. The van der Waals surface area contributed by atoms with Crippen LogP contribution in [-0.4, -0.2) is 8.42 Å². The highest BCUT2D eigenvalue weighted by Gasteiger charge is 2.19. The van der Waals surface area contributed by atoms with Crippen molar-refractivity contribution < 1.29 is 17.2 Å². The zero-order valence-electron chi connectivity index (χ0n) is 9.90. The minimum absolute atomic E-state index is 0.148. The van der Waals surface area contributed by atoms with Gasteiger partial charge in [0, 0.05) is 4.47 Å². The van der Waals surface area contributed by atoms with Gasteiger partial charge in [-0.15, -0.1) is 0 Å². The predicted octanol–water partition coefficient (Wildman–Crippen LogP) is 3.11. The highest BCUT2D eigenvalue weighted by molar-refractivity contribution is 9.10. The van der Waals surface area contributed by atoms with E-state index in [0.717, 1.165) is 30.3 Å². The Bertz CT molecular complexity index is 766. The van der Waals surface area contributed by atoms with Gasteiger partial charge in [-0.1, -0.05) is 0 Å². The molecule has 0 bridgehead atoms. The van der Waals surface area contributed by atoms with Crippen LogP contribution < -0.4 is 10.5 Å². The molecule has 2 rings (SSSR count). The Morgan fingerprint density at radius 1 is 1.05 bits per heavy atom. The van der Waals surface area contributed by atoms with E-state index in [2.05, 4.69) is 20.7 Å². The van der Waals surface area contributed by atoms with Crippen molar-refractivity contribution >= 4 is 37.3 Å². The van der Waals surface area contributed by atoms with Gasteiger partial charge in [0.05, 0.1) is 11.4 Å². The normalized spacial score (nSPS) is 11.3. The molecule has 4 nitrogen and oxygen atoms in total. The minimum Gasteiger partial charge on any atom is -0.398 e. The van der Waals surface area contributed by atoms with E-state index in [9.17, 15) is 17.2 Å². The van der Waals surface area contributed by atoms with E-state index in [1.54, 1.807) is 0 Å². The fourth-order valence-electron chi connectivity index (χ4n) is 1.54. The van der Waals surface area contributed by atoms with E-state index in [4.69, 9.17) is 5.73 Å². The summed E-state index contributed by atoms with van der Waals surface area (Å²) in [5.41, 5.74) is 5.43. The molecule has 0 amide bonds. The summed E-state index contributed by atoms with van der Waals surface area (Å²) in [5, 5.41) is 0. The first-order chi connectivity index (χ1) is 9.29. The van der Waals surface area contributed by atoms with Gasteiger partial charge in [-0.2, -0.15) is 0 Å². The van der Waals surface area contributed by atoms with Gasteiger partial charge >= 0.3 is 0 Å². The summed E-state index contributed by atoms with van der Waals surface area (Å²) in [4.78, 5) is -0.255. The van der Waals surface area contributed by atoms with Crippen molar-refractivity contribution in [3.05, 3.63) is 52.5 Å². The third-order valence-electron chi connectivity index (χ3n) is 2.44. The number of rotatable bonds is 3. The van der Waals surface area contributed by atoms with Crippen LogP contribution in [0.15, 0.2) is 45.8 Å². The molecule has 0 heterocycles. The van der Waals surface area contributed by atoms with E-state index in [0.29, 0.717) is 0 Å². The first kappa shape index (κ1) is 14.7. The zero-order valence-corrected chi connectivity index (χ0v) is 12.3. The molecule has 106 valence electrons. The molecule has 2 aromatic carbocycles. The maximum absolute atomic E-state index is 12.9. The molecule has 0 spiro atoms. The molecule has 20 heavy (non-hydrogen) atoms. The van der Waals surface area contributed by atoms with Crippen LogP contribution in [0, 0.1) is 11.6 Å². The Morgan fingerprint density at radius 3 is 2.25 bits per heavy atom. The lowest BCUT2D eigenvalue weighted by Gasteiger charge is -2.11. The zero-order chi connectivity index (χ0) is 14.9. The van der Waals surface area contributed by atoms with Crippen molar-refractivity contribution in [2.45, 2.75) is 4.90 Å². The standard InChI is InChI=1S/C12H9BrF2N2O2S/c13-9-5-7(14)1-3-11(9)17-20(18,19)12-4-2-8(15)6-10(12)16/h1-6,17H,16H2. The van der Waals surface area contributed by atoms with Gasteiger partial charge in [-0.25, -0.2) is 17.2 Å². The number of sulfonamides is 1. The quantitative estimate of drug-likeness (QED) is 0.824. The van der Waals surface area contributed by atoms with E-state index in [1.165, 1.54) is 6.07 Å². The van der Waals surface area contributed by atoms with Crippen molar-refractivity contribution in [3.8, 4) is 0 Å². The third-order valence-corrected chi connectivity index (χ3v) is 4.53. The second-order valence-corrected chi connectivity index (χ2v) is 6.42. The van der Waals surface area contributed by atoms with Crippen LogP contribution in [0.1, 0.15) is 0 Å². The molecule has 0 atom stereocenters. The summed E-state index contributed by atoms with van der Waals surface area (Å²) in [7, 11) is -3.99. The van der Waals surface area contributed by atoms with Crippen LogP contribution in [0.4, 0.5) is 20.2 Å². The molecule has 2 aromatic rings. The number of hydrogen-bond acceptors (Lipinski definition) is 3. The monoisotopic (exact) mass is 362 g/mol. The average Bonchev–Trinajstić information content (AvgIpc) is 2.32. The third kappa shape index (κ3) is 3.07. The van der Waals surface area contributed by atoms with Gasteiger partial charge in [0.25, 0.3) is 10.0 Å². The Balaban J connectivity index is 2.41. The lowest BCUT2D eigenvalue weighted by molar-refractivity contribution is 0.600. The number of anilines is 2. The minimum atomic E-state index is -3.99. The summed E-state index contributed by atoms with van der Waals surface area (Å²) in [5.74, 6) is -1.15. The van der Waals surface area contributed by atoms with E-state index in [-0.39, 0.29) is 20.7 Å². The van der Waals surface area contributed by atoms with Crippen LogP contribution in [0.25, 0.3) is 0 Å². The number of benzene rings is 2. The van der Waals surface area contributed by atoms with Crippen molar-refractivity contribution in [1.29, 1.82) is 0 Å².